The number of amides is 1. The molecule has 7 heteroatoms. The highest BCUT2D eigenvalue weighted by atomic mass is 32.1. The minimum absolute atomic E-state index is 0.0773. The van der Waals surface area contributed by atoms with E-state index in [2.05, 4.69) is 10.2 Å². The van der Waals surface area contributed by atoms with Gasteiger partial charge in [-0.1, -0.05) is 60.2 Å². The average molecular weight is 403 g/mol. The minimum Gasteiger partial charge on any atom is -0.450 e. The summed E-state index contributed by atoms with van der Waals surface area (Å²) in [5.74, 6) is -0.291. The number of aromatic nitrogens is 2. The first-order valence-corrected chi connectivity index (χ1v) is 10.2. The highest BCUT2D eigenvalue weighted by molar-refractivity contribution is 7.15. The van der Waals surface area contributed by atoms with Gasteiger partial charge in [-0.2, -0.15) is 0 Å². The second kappa shape index (κ2) is 6.63. The van der Waals surface area contributed by atoms with Crippen molar-refractivity contribution < 1.29 is 9.21 Å². The number of hydrogen-bond acceptors (Lipinski definition) is 6. The standard InChI is InChI=1S/C22H17N3O3S/c1-3-16-23-24-22(29-16)25-18(13-7-5-4-6-8-13)17-19(26)14-11-12(2)9-10-15(14)28-20(17)21(25)27/h4-11,18H,3H2,1-2H3/t18-/m1/s1. The molecule has 0 saturated heterocycles. The lowest BCUT2D eigenvalue weighted by atomic mass is 9.98. The number of rotatable bonds is 3. The first kappa shape index (κ1) is 17.8. The molecule has 0 aliphatic carbocycles. The molecule has 0 saturated carbocycles. The number of nitrogens with zero attached hydrogens (tertiary/aromatic N) is 3. The predicted octanol–water partition coefficient (Wildman–Crippen LogP) is 4.27. The molecule has 5 rings (SSSR count). The number of carbonyl (C=O) groups excluding carboxylic acids is 1. The predicted molar refractivity (Wildman–Crippen MR) is 112 cm³/mol. The zero-order valence-electron chi connectivity index (χ0n) is 15.9. The van der Waals surface area contributed by atoms with E-state index in [4.69, 9.17) is 4.42 Å². The Morgan fingerprint density at radius 3 is 2.62 bits per heavy atom. The monoisotopic (exact) mass is 403 g/mol. The Labute approximate surface area is 170 Å². The van der Waals surface area contributed by atoms with Crippen molar-refractivity contribution in [1.29, 1.82) is 0 Å². The lowest BCUT2D eigenvalue weighted by Crippen LogP contribution is -2.29. The summed E-state index contributed by atoms with van der Waals surface area (Å²) in [6.07, 6.45) is 0.725. The van der Waals surface area contributed by atoms with Gasteiger partial charge in [-0.15, -0.1) is 10.2 Å². The molecular formula is C22H17N3O3S. The van der Waals surface area contributed by atoms with Gasteiger partial charge in [0, 0.05) is 0 Å². The van der Waals surface area contributed by atoms with Gasteiger partial charge in [0.25, 0.3) is 5.91 Å². The van der Waals surface area contributed by atoms with Crippen molar-refractivity contribution in [3.8, 4) is 0 Å². The van der Waals surface area contributed by atoms with Gasteiger partial charge < -0.3 is 4.42 Å². The van der Waals surface area contributed by atoms with Gasteiger partial charge in [0.1, 0.15) is 10.6 Å². The molecule has 2 aromatic heterocycles. The molecule has 1 amide bonds. The van der Waals surface area contributed by atoms with Crippen LogP contribution in [0.25, 0.3) is 11.0 Å². The molecule has 1 aliphatic heterocycles. The number of hydrogen-bond donors (Lipinski definition) is 0. The fourth-order valence-corrected chi connectivity index (χ4v) is 4.52. The van der Waals surface area contributed by atoms with Gasteiger partial charge in [-0.25, -0.2) is 0 Å². The van der Waals surface area contributed by atoms with Crippen LogP contribution in [0, 0.1) is 6.92 Å². The third-order valence-electron chi connectivity index (χ3n) is 5.11. The Balaban J connectivity index is 1.81. The zero-order valence-corrected chi connectivity index (χ0v) is 16.7. The molecule has 1 aliphatic rings. The van der Waals surface area contributed by atoms with E-state index in [-0.39, 0.29) is 17.1 Å². The van der Waals surface area contributed by atoms with Gasteiger partial charge in [0.2, 0.25) is 10.9 Å². The summed E-state index contributed by atoms with van der Waals surface area (Å²) in [6.45, 7) is 3.91. The van der Waals surface area contributed by atoms with Crippen LogP contribution in [-0.2, 0) is 6.42 Å². The van der Waals surface area contributed by atoms with E-state index in [9.17, 15) is 9.59 Å². The second-order valence-electron chi connectivity index (χ2n) is 6.99. The first-order chi connectivity index (χ1) is 14.1. The molecule has 2 aromatic carbocycles. The molecule has 0 N–H and O–H groups in total. The highest BCUT2D eigenvalue weighted by Crippen LogP contribution is 2.42. The molecule has 144 valence electrons. The van der Waals surface area contributed by atoms with Crippen molar-refractivity contribution in [1.82, 2.24) is 10.2 Å². The molecule has 0 radical (unpaired) electrons. The quantitative estimate of drug-likeness (QED) is 0.511. The van der Waals surface area contributed by atoms with E-state index in [0.717, 1.165) is 22.6 Å². The average Bonchev–Trinajstić information content (AvgIpc) is 3.32. The molecule has 0 bridgehead atoms. The normalized spacial score (nSPS) is 15.9. The topological polar surface area (TPSA) is 76.3 Å². The van der Waals surface area contributed by atoms with E-state index < -0.39 is 6.04 Å². The maximum absolute atomic E-state index is 13.5. The number of benzene rings is 2. The molecule has 29 heavy (non-hydrogen) atoms. The summed E-state index contributed by atoms with van der Waals surface area (Å²) in [5.41, 5.74) is 2.36. The summed E-state index contributed by atoms with van der Waals surface area (Å²) >= 11 is 1.35. The molecule has 4 aromatic rings. The van der Waals surface area contributed by atoms with Gasteiger partial charge >= 0.3 is 0 Å². The number of fused-ring (bicyclic) bond motifs is 2. The van der Waals surface area contributed by atoms with Crippen molar-refractivity contribution in [3.63, 3.8) is 0 Å². The van der Waals surface area contributed by atoms with Crippen molar-refractivity contribution in [2.45, 2.75) is 26.3 Å². The fourth-order valence-electron chi connectivity index (χ4n) is 3.72. The summed E-state index contributed by atoms with van der Waals surface area (Å²) < 4.78 is 5.95. The Hall–Kier alpha value is -3.32. The third kappa shape index (κ3) is 2.69. The molecule has 0 spiro atoms. The molecule has 3 heterocycles. The van der Waals surface area contributed by atoms with Crippen LogP contribution in [-0.4, -0.2) is 16.1 Å². The van der Waals surface area contributed by atoms with Crippen LogP contribution in [0.15, 0.2) is 57.7 Å². The van der Waals surface area contributed by atoms with E-state index in [0.29, 0.717) is 21.7 Å². The van der Waals surface area contributed by atoms with Crippen LogP contribution in [0.1, 0.15) is 45.2 Å². The van der Waals surface area contributed by atoms with Crippen molar-refractivity contribution in [2.75, 3.05) is 4.90 Å². The van der Waals surface area contributed by atoms with Crippen LogP contribution >= 0.6 is 11.3 Å². The lowest BCUT2D eigenvalue weighted by Gasteiger charge is -2.21. The minimum atomic E-state index is -0.600. The van der Waals surface area contributed by atoms with Gasteiger partial charge in [-0.05, 0) is 31.0 Å². The maximum atomic E-state index is 13.5. The van der Waals surface area contributed by atoms with Crippen LogP contribution in [0.3, 0.4) is 0 Å². The summed E-state index contributed by atoms with van der Waals surface area (Å²) in [6, 6.07) is 14.3. The van der Waals surface area contributed by atoms with E-state index in [1.807, 2.05) is 50.2 Å². The van der Waals surface area contributed by atoms with Gasteiger partial charge in [0.15, 0.2) is 5.43 Å². The number of carbonyl (C=O) groups is 1. The summed E-state index contributed by atoms with van der Waals surface area (Å²) in [5, 5.41) is 10.2. The zero-order chi connectivity index (χ0) is 20.1. The second-order valence-corrected chi connectivity index (χ2v) is 8.03. The lowest BCUT2D eigenvalue weighted by molar-refractivity contribution is 0.0970. The van der Waals surface area contributed by atoms with Gasteiger partial charge in [-0.3, -0.25) is 14.5 Å². The Morgan fingerprint density at radius 2 is 1.90 bits per heavy atom. The molecule has 1 atom stereocenters. The number of anilines is 1. The van der Waals surface area contributed by atoms with E-state index in [1.54, 1.807) is 12.1 Å². The third-order valence-corrected chi connectivity index (χ3v) is 6.17. The van der Waals surface area contributed by atoms with Crippen LogP contribution < -0.4 is 10.3 Å². The molecular weight excluding hydrogens is 386 g/mol. The van der Waals surface area contributed by atoms with Crippen molar-refractivity contribution in [3.05, 3.63) is 86.2 Å². The molecule has 6 nitrogen and oxygen atoms in total. The summed E-state index contributed by atoms with van der Waals surface area (Å²) in [4.78, 5) is 28.4. The van der Waals surface area contributed by atoms with Crippen LogP contribution in [0.5, 0.6) is 0 Å². The maximum Gasteiger partial charge on any atom is 0.297 e. The van der Waals surface area contributed by atoms with Crippen LogP contribution in [0.4, 0.5) is 5.13 Å². The van der Waals surface area contributed by atoms with Gasteiger partial charge in [0.05, 0.1) is 17.0 Å². The van der Waals surface area contributed by atoms with E-state index in [1.165, 1.54) is 16.2 Å². The van der Waals surface area contributed by atoms with Crippen molar-refractivity contribution >= 4 is 33.3 Å². The summed E-state index contributed by atoms with van der Waals surface area (Å²) in [7, 11) is 0. The Morgan fingerprint density at radius 1 is 1.10 bits per heavy atom. The number of aryl methyl sites for hydroxylation is 2. The van der Waals surface area contributed by atoms with Crippen molar-refractivity contribution in [2.24, 2.45) is 0 Å². The Bertz CT molecular complexity index is 1310. The Kier molecular flexibility index (Phi) is 4.06. The smallest absolute Gasteiger partial charge is 0.297 e. The molecule has 0 unspecified atom stereocenters. The SMILES string of the molecule is CCc1nnc(N2C(=O)c3oc4ccc(C)cc4c(=O)c3[C@H]2c2ccccc2)s1. The van der Waals surface area contributed by atoms with E-state index >= 15 is 0 Å². The largest absolute Gasteiger partial charge is 0.450 e. The fraction of sp³-hybridized carbons (Fsp3) is 0.182. The molecule has 0 fully saturated rings. The van der Waals surface area contributed by atoms with Crippen LogP contribution in [0.2, 0.25) is 0 Å². The first-order valence-electron chi connectivity index (χ1n) is 9.36. The highest BCUT2D eigenvalue weighted by Gasteiger charge is 2.45.